The summed E-state index contributed by atoms with van der Waals surface area (Å²) < 4.78 is 5.63. The van der Waals surface area contributed by atoms with E-state index in [1.165, 1.54) is 12.3 Å². The highest BCUT2D eigenvalue weighted by Gasteiger charge is 2.28. The standard InChI is InChI=1S/C12H17N3O3/c1-12(2)7-9(5-6-18-12)14-11-4-3-10(8-13-11)15(16)17/h3-4,8-9H,5-7H2,1-2H3,(H,13,14). The Morgan fingerprint density at radius 2 is 2.33 bits per heavy atom. The lowest BCUT2D eigenvalue weighted by Gasteiger charge is -2.36. The summed E-state index contributed by atoms with van der Waals surface area (Å²) in [5, 5.41) is 13.8. The third-order valence-electron chi connectivity index (χ3n) is 3.01. The Labute approximate surface area is 106 Å². The minimum Gasteiger partial charge on any atom is -0.375 e. The SMILES string of the molecule is CC1(C)CC(Nc2ccc([N+](=O)[O-])cn2)CCO1. The van der Waals surface area contributed by atoms with E-state index in [2.05, 4.69) is 24.1 Å². The average molecular weight is 251 g/mol. The molecule has 0 radical (unpaired) electrons. The second-order valence-electron chi connectivity index (χ2n) is 5.10. The number of nitro groups is 1. The normalized spacial score (nSPS) is 22.4. The minimum atomic E-state index is -0.450. The van der Waals surface area contributed by atoms with Gasteiger partial charge in [0.25, 0.3) is 5.69 Å². The van der Waals surface area contributed by atoms with E-state index in [0.29, 0.717) is 11.9 Å². The number of nitrogens with zero attached hydrogens (tertiary/aromatic N) is 2. The number of hydrogen-bond acceptors (Lipinski definition) is 5. The van der Waals surface area contributed by atoms with Crippen LogP contribution in [-0.4, -0.2) is 28.2 Å². The fourth-order valence-corrected chi connectivity index (χ4v) is 2.14. The third kappa shape index (κ3) is 3.16. The summed E-state index contributed by atoms with van der Waals surface area (Å²) in [7, 11) is 0. The van der Waals surface area contributed by atoms with E-state index < -0.39 is 4.92 Å². The van der Waals surface area contributed by atoms with E-state index in [1.807, 2.05) is 0 Å². The maximum Gasteiger partial charge on any atom is 0.287 e. The van der Waals surface area contributed by atoms with Crippen LogP contribution < -0.4 is 5.32 Å². The minimum absolute atomic E-state index is 0.00728. The molecule has 18 heavy (non-hydrogen) atoms. The van der Waals surface area contributed by atoms with Crippen molar-refractivity contribution in [2.24, 2.45) is 0 Å². The van der Waals surface area contributed by atoms with Gasteiger partial charge in [-0.2, -0.15) is 0 Å². The summed E-state index contributed by atoms with van der Waals surface area (Å²) in [6, 6.07) is 3.39. The predicted octanol–water partition coefficient (Wildman–Crippen LogP) is 2.36. The van der Waals surface area contributed by atoms with Gasteiger partial charge >= 0.3 is 0 Å². The highest BCUT2D eigenvalue weighted by Crippen LogP contribution is 2.26. The molecule has 98 valence electrons. The summed E-state index contributed by atoms with van der Waals surface area (Å²) in [4.78, 5) is 14.1. The zero-order valence-electron chi connectivity index (χ0n) is 10.5. The lowest BCUT2D eigenvalue weighted by molar-refractivity contribution is -0.385. The Hall–Kier alpha value is -1.69. The highest BCUT2D eigenvalue weighted by atomic mass is 16.6. The predicted molar refractivity (Wildman–Crippen MR) is 67.6 cm³/mol. The first-order chi connectivity index (χ1) is 8.46. The Morgan fingerprint density at radius 1 is 1.56 bits per heavy atom. The number of pyridine rings is 1. The molecule has 2 heterocycles. The van der Waals surface area contributed by atoms with Crippen LogP contribution in [0.15, 0.2) is 18.3 Å². The van der Waals surface area contributed by atoms with E-state index in [-0.39, 0.29) is 11.3 Å². The van der Waals surface area contributed by atoms with E-state index in [9.17, 15) is 10.1 Å². The lowest BCUT2D eigenvalue weighted by atomic mass is 9.94. The van der Waals surface area contributed by atoms with Crippen LogP contribution in [0.25, 0.3) is 0 Å². The van der Waals surface area contributed by atoms with Gasteiger partial charge in [-0.3, -0.25) is 10.1 Å². The van der Waals surface area contributed by atoms with Gasteiger partial charge in [-0.15, -0.1) is 0 Å². The molecule has 2 rings (SSSR count). The van der Waals surface area contributed by atoms with Gasteiger partial charge in [-0.1, -0.05) is 0 Å². The zero-order valence-corrected chi connectivity index (χ0v) is 10.5. The maximum absolute atomic E-state index is 10.5. The number of hydrogen-bond donors (Lipinski definition) is 1. The zero-order chi connectivity index (χ0) is 13.2. The Bertz CT molecular complexity index is 431. The van der Waals surface area contributed by atoms with Crippen LogP contribution >= 0.6 is 0 Å². The second kappa shape index (κ2) is 4.89. The van der Waals surface area contributed by atoms with Crippen molar-refractivity contribution in [1.82, 2.24) is 4.98 Å². The molecule has 1 N–H and O–H groups in total. The quantitative estimate of drug-likeness (QED) is 0.659. The van der Waals surface area contributed by atoms with Crippen LogP contribution in [-0.2, 0) is 4.74 Å². The number of nitrogens with one attached hydrogen (secondary N) is 1. The van der Waals surface area contributed by atoms with E-state index in [0.717, 1.165) is 19.4 Å². The molecule has 1 aliphatic heterocycles. The van der Waals surface area contributed by atoms with Crippen molar-refractivity contribution in [3.05, 3.63) is 28.4 Å². The van der Waals surface area contributed by atoms with Gasteiger partial charge in [0.1, 0.15) is 12.0 Å². The first-order valence-electron chi connectivity index (χ1n) is 5.97. The molecule has 1 aliphatic rings. The molecule has 1 unspecified atom stereocenters. The van der Waals surface area contributed by atoms with Crippen LogP contribution in [0, 0.1) is 10.1 Å². The van der Waals surface area contributed by atoms with Crippen molar-refractivity contribution in [2.75, 3.05) is 11.9 Å². The molecule has 6 heteroatoms. The number of ether oxygens (including phenoxy) is 1. The van der Waals surface area contributed by atoms with Gasteiger partial charge < -0.3 is 10.1 Å². The summed E-state index contributed by atoms with van der Waals surface area (Å²) in [6.07, 6.45) is 3.08. The Morgan fingerprint density at radius 3 is 2.89 bits per heavy atom. The van der Waals surface area contributed by atoms with Crippen molar-refractivity contribution in [3.8, 4) is 0 Å². The van der Waals surface area contributed by atoms with Crippen molar-refractivity contribution in [1.29, 1.82) is 0 Å². The molecule has 0 aliphatic carbocycles. The van der Waals surface area contributed by atoms with E-state index in [1.54, 1.807) is 6.07 Å². The molecule has 0 aromatic carbocycles. The van der Waals surface area contributed by atoms with Crippen molar-refractivity contribution >= 4 is 11.5 Å². The molecule has 1 aromatic heterocycles. The fourth-order valence-electron chi connectivity index (χ4n) is 2.14. The van der Waals surface area contributed by atoms with Gasteiger partial charge in [0, 0.05) is 18.7 Å². The van der Waals surface area contributed by atoms with Crippen LogP contribution in [0.4, 0.5) is 11.5 Å². The summed E-state index contributed by atoms with van der Waals surface area (Å²) in [6.45, 7) is 4.84. The monoisotopic (exact) mass is 251 g/mol. The topological polar surface area (TPSA) is 77.3 Å². The molecule has 1 atom stereocenters. The average Bonchev–Trinajstić information content (AvgIpc) is 2.28. The summed E-state index contributed by atoms with van der Waals surface area (Å²) in [5.74, 6) is 0.670. The van der Waals surface area contributed by atoms with Crippen molar-refractivity contribution in [3.63, 3.8) is 0 Å². The maximum atomic E-state index is 10.5. The van der Waals surface area contributed by atoms with Crippen LogP contribution in [0.1, 0.15) is 26.7 Å². The molecule has 0 bridgehead atoms. The van der Waals surface area contributed by atoms with Crippen LogP contribution in [0.2, 0.25) is 0 Å². The Balaban J connectivity index is 1.99. The van der Waals surface area contributed by atoms with Gasteiger partial charge in [-0.05, 0) is 32.8 Å². The Kier molecular flexibility index (Phi) is 3.47. The van der Waals surface area contributed by atoms with Gasteiger partial charge in [0.2, 0.25) is 0 Å². The molecule has 0 saturated carbocycles. The van der Waals surface area contributed by atoms with Crippen molar-refractivity contribution in [2.45, 2.75) is 38.3 Å². The summed E-state index contributed by atoms with van der Waals surface area (Å²) in [5.41, 5.74) is -0.121. The smallest absolute Gasteiger partial charge is 0.287 e. The largest absolute Gasteiger partial charge is 0.375 e. The first kappa shape index (κ1) is 12.8. The van der Waals surface area contributed by atoms with Gasteiger partial charge in [0.05, 0.1) is 10.5 Å². The van der Waals surface area contributed by atoms with Crippen LogP contribution in [0.3, 0.4) is 0 Å². The fraction of sp³-hybridized carbons (Fsp3) is 0.583. The third-order valence-corrected chi connectivity index (χ3v) is 3.01. The lowest BCUT2D eigenvalue weighted by Crippen LogP contribution is -2.40. The number of aromatic nitrogens is 1. The molecule has 1 aromatic rings. The molecule has 6 nitrogen and oxygen atoms in total. The molecular formula is C12H17N3O3. The van der Waals surface area contributed by atoms with Crippen LogP contribution in [0.5, 0.6) is 0 Å². The number of rotatable bonds is 3. The first-order valence-corrected chi connectivity index (χ1v) is 5.97. The highest BCUT2D eigenvalue weighted by molar-refractivity contribution is 5.41. The second-order valence-corrected chi connectivity index (χ2v) is 5.10. The van der Waals surface area contributed by atoms with Gasteiger partial charge in [0.15, 0.2) is 0 Å². The summed E-state index contributed by atoms with van der Waals surface area (Å²) >= 11 is 0. The molecular weight excluding hydrogens is 234 g/mol. The number of anilines is 1. The molecule has 0 spiro atoms. The van der Waals surface area contributed by atoms with E-state index in [4.69, 9.17) is 4.74 Å². The van der Waals surface area contributed by atoms with E-state index >= 15 is 0 Å². The molecule has 1 saturated heterocycles. The molecule has 0 amide bonds. The molecule has 1 fully saturated rings. The van der Waals surface area contributed by atoms with Crippen molar-refractivity contribution < 1.29 is 9.66 Å². The van der Waals surface area contributed by atoms with Gasteiger partial charge in [-0.25, -0.2) is 4.98 Å².